The van der Waals surface area contributed by atoms with Crippen LogP contribution < -0.4 is 0 Å². The molecule has 8 nitrogen and oxygen atoms in total. The molecule has 2 aromatic carbocycles. The number of non-ortho nitro benzene ring substituents is 1. The van der Waals surface area contributed by atoms with Gasteiger partial charge in [-0.05, 0) is 58.5 Å². The van der Waals surface area contributed by atoms with E-state index in [2.05, 4.69) is 4.98 Å². The molecular formula is C22H19N3O5S3. The molecule has 1 aliphatic rings. The van der Waals surface area contributed by atoms with Crippen LogP contribution in [0.2, 0.25) is 0 Å². The summed E-state index contributed by atoms with van der Waals surface area (Å²) in [5.74, 6) is -0.612. The van der Waals surface area contributed by atoms with E-state index >= 15 is 0 Å². The Morgan fingerprint density at radius 2 is 2.06 bits per heavy atom. The van der Waals surface area contributed by atoms with Crippen LogP contribution in [0.25, 0.3) is 10.2 Å². The Kier molecular flexibility index (Phi) is 7.31. The highest BCUT2D eigenvalue weighted by Gasteiger charge is 2.38. The molecule has 0 spiro atoms. The molecule has 0 N–H and O–H groups in total. The van der Waals surface area contributed by atoms with Crippen LogP contribution >= 0.6 is 32.9 Å². The summed E-state index contributed by atoms with van der Waals surface area (Å²) in [5.41, 5.74) is 2.59. The summed E-state index contributed by atoms with van der Waals surface area (Å²) in [4.78, 5) is 40.6. The number of rotatable bonds is 9. The van der Waals surface area contributed by atoms with Crippen LogP contribution in [0.4, 0.5) is 5.69 Å². The molecule has 1 amide bonds. The third kappa shape index (κ3) is 5.73. The molecule has 3 aromatic rings. The van der Waals surface area contributed by atoms with Crippen molar-refractivity contribution in [3.05, 3.63) is 75.2 Å². The summed E-state index contributed by atoms with van der Waals surface area (Å²) in [6.45, 7) is 1.81. The van der Waals surface area contributed by atoms with E-state index in [9.17, 15) is 19.7 Å². The van der Waals surface area contributed by atoms with Gasteiger partial charge in [-0.1, -0.05) is 22.9 Å². The molecule has 0 aliphatic carbocycles. The molecule has 2 heterocycles. The van der Waals surface area contributed by atoms with Crippen molar-refractivity contribution in [1.29, 1.82) is 0 Å². The third-order valence-electron chi connectivity index (χ3n) is 5.06. The fraction of sp³-hybridized carbons (Fsp3) is 0.227. The van der Waals surface area contributed by atoms with E-state index in [0.29, 0.717) is 12.0 Å². The van der Waals surface area contributed by atoms with E-state index in [1.54, 1.807) is 32.9 Å². The van der Waals surface area contributed by atoms with Gasteiger partial charge in [0.1, 0.15) is 13.2 Å². The van der Waals surface area contributed by atoms with Crippen molar-refractivity contribution >= 4 is 60.7 Å². The molecular weight excluding hydrogens is 482 g/mol. The van der Waals surface area contributed by atoms with Crippen LogP contribution in [-0.4, -0.2) is 39.3 Å². The Morgan fingerprint density at radius 3 is 2.76 bits per heavy atom. The highest BCUT2D eigenvalue weighted by Crippen LogP contribution is 2.39. The summed E-state index contributed by atoms with van der Waals surface area (Å²) in [5, 5.41) is 12.7. The van der Waals surface area contributed by atoms with E-state index in [1.165, 1.54) is 29.2 Å². The first-order valence-corrected chi connectivity index (χ1v) is 13.0. The number of hydrogen-bond donors (Lipinski definition) is 0. The van der Waals surface area contributed by atoms with Crippen LogP contribution in [0.5, 0.6) is 0 Å². The third-order valence-corrected chi connectivity index (χ3v) is 8.56. The molecule has 1 aromatic heterocycles. The van der Waals surface area contributed by atoms with Gasteiger partial charge in [-0.3, -0.25) is 19.7 Å². The lowest BCUT2D eigenvalue weighted by Crippen LogP contribution is -2.55. The Balaban J connectivity index is 1.26. The first-order chi connectivity index (χ1) is 15.9. The fourth-order valence-corrected chi connectivity index (χ4v) is 6.52. The highest BCUT2D eigenvalue weighted by molar-refractivity contribution is 8.78. The minimum atomic E-state index is -0.518. The number of nitro benzene ring substituents is 1. The summed E-state index contributed by atoms with van der Waals surface area (Å²) in [6.07, 6.45) is 0.365. The SMILES string of the molecule is CC(=CSSc1nc2ccccc2s1)C1CC(=O)N1CC(=O)OCc1ccc([N+](=O)[O-])cc1. The standard InChI is InChI=1S/C22H19N3O5S3/c1-14(13-31-33-22-23-17-4-2-3-5-19(17)32-22)18-10-20(26)24(18)11-21(27)30-12-15-6-8-16(9-7-15)25(28)29/h2-9,13,18H,10-12H2,1H3. The smallest absolute Gasteiger partial charge is 0.325 e. The number of aromatic nitrogens is 1. The molecule has 0 radical (unpaired) electrons. The summed E-state index contributed by atoms with van der Waals surface area (Å²) >= 11 is 1.63. The second kappa shape index (κ2) is 10.4. The van der Waals surface area contributed by atoms with Crippen molar-refractivity contribution in [1.82, 2.24) is 9.88 Å². The first-order valence-electron chi connectivity index (χ1n) is 9.94. The quantitative estimate of drug-likeness (QED) is 0.130. The number of nitro groups is 1. The van der Waals surface area contributed by atoms with Crippen LogP contribution in [0.15, 0.2) is 63.9 Å². The maximum atomic E-state index is 12.2. The fourth-order valence-electron chi connectivity index (χ4n) is 3.23. The van der Waals surface area contributed by atoms with Crippen LogP contribution in [0.3, 0.4) is 0 Å². The van der Waals surface area contributed by atoms with E-state index in [-0.39, 0.29) is 30.8 Å². The molecule has 11 heteroatoms. The van der Waals surface area contributed by atoms with Crippen LogP contribution in [0.1, 0.15) is 18.9 Å². The van der Waals surface area contributed by atoms with Crippen LogP contribution in [0, 0.1) is 10.1 Å². The molecule has 1 fully saturated rings. The van der Waals surface area contributed by atoms with Crippen molar-refractivity contribution in [2.24, 2.45) is 0 Å². The Hall–Kier alpha value is -2.89. The van der Waals surface area contributed by atoms with Gasteiger partial charge < -0.3 is 9.64 Å². The maximum absolute atomic E-state index is 12.2. The molecule has 1 aliphatic heterocycles. The van der Waals surface area contributed by atoms with Gasteiger partial charge in [0.15, 0.2) is 4.34 Å². The maximum Gasteiger partial charge on any atom is 0.325 e. The molecule has 4 rings (SSSR count). The Bertz CT molecular complexity index is 1190. The second-order valence-electron chi connectivity index (χ2n) is 7.31. The van der Waals surface area contributed by atoms with Crippen molar-refractivity contribution < 1.29 is 19.2 Å². The van der Waals surface area contributed by atoms with Crippen molar-refractivity contribution in [3.63, 3.8) is 0 Å². The number of nitrogens with zero attached hydrogens (tertiary/aromatic N) is 3. The number of fused-ring (bicyclic) bond motifs is 1. The van der Waals surface area contributed by atoms with Gasteiger partial charge in [0.25, 0.3) is 5.69 Å². The number of ether oxygens (including phenoxy) is 1. The lowest BCUT2D eigenvalue weighted by molar-refractivity contribution is -0.384. The molecule has 1 unspecified atom stereocenters. The molecule has 33 heavy (non-hydrogen) atoms. The number of carbonyl (C=O) groups excluding carboxylic acids is 2. The number of β-lactam (4-membered cyclic amide) rings is 1. The Morgan fingerprint density at radius 1 is 1.30 bits per heavy atom. The van der Waals surface area contributed by atoms with E-state index in [4.69, 9.17) is 4.74 Å². The predicted octanol–water partition coefficient (Wildman–Crippen LogP) is 5.19. The van der Waals surface area contributed by atoms with Gasteiger partial charge in [0, 0.05) is 12.1 Å². The Labute approximate surface area is 201 Å². The number of hydrogen-bond acceptors (Lipinski definition) is 9. The monoisotopic (exact) mass is 501 g/mol. The number of para-hydroxylation sites is 1. The summed E-state index contributed by atoms with van der Waals surface area (Å²) in [7, 11) is 3.10. The van der Waals surface area contributed by atoms with Gasteiger partial charge in [-0.15, -0.1) is 11.3 Å². The average Bonchev–Trinajstić information content (AvgIpc) is 3.22. The minimum absolute atomic E-state index is 0.00694. The topological polar surface area (TPSA) is 103 Å². The largest absolute Gasteiger partial charge is 0.459 e. The van der Waals surface area contributed by atoms with Crippen LogP contribution in [-0.2, 0) is 20.9 Å². The number of thiazole rings is 1. The number of carbonyl (C=O) groups is 2. The van der Waals surface area contributed by atoms with E-state index in [0.717, 1.165) is 20.1 Å². The van der Waals surface area contributed by atoms with Gasteiger partial charge >= 0.3 is 5.97 Å². The molecule has 170 valence electrons. The van der Waals surface area contributed by atoms with Gasteiger partial charge in [0.2, 0.25) is 5.91 Å². The molecule has 0 bridgehead atoms. The number of amides is 1. The summed E-state index contributed by atoms with van der Waals surface area (Å²) in [6, 6.07) is 13.6. The van der Waals surface area contributed by atoms with Crippen molar-refractivity contribution in [2.75, 3.05) is 6.54 Å². The highest BCUT2D eigenvalue weighted by atomic mass is 33.1. The van der Waals surface area contributed by atoms with E-state index < -0.39 is 10.9 Å². The lowest BCUT2D eigenvalue weighted by atomic mass is 9.96. The van der Waals surface area contributed by atoms with Gasteiger partial charge in [-0.2, -0.15) is 0 Å². The van der Waals surface area contributed by atoms with E-state index in [1.807, 2.05) is 36.6 Å². The normalized spacial score (nSPS) is 16.0. The molecule has 1 atom stereocenters. The van der Waals surface area contributed by atoms with Crippen molar-refractivity contribution in [2.45, 2.75) is 30.3 Å². The zero-order valence-corrected chi connectivity index (χ0v) is 20.0. The number of esters is 1. The molecule has 1 saturated heterocycles. The first kappa shape index (κ1) is 23.3. The van der Waals surface area contributed by atoms with Crippen molar-refractivity contribution in [3.8, 4) is 0 Å². The summed E-state index contributed by atoms with van der Waals surface area (Å²) < 4.78 is 7.34. The average molecular weight is 502 g/mol. The lowest BCUT2D eigenvalue weighted by Gasteiger charge is -2.40. The zero-order valence-electron chi connectivity index (χ0n) is 17.5. The number of benzene rings is 2. The van der Waals surface area contributed by atoms with Gasteiger partial charge in [-0.25, -0.2) is 4.98 Å². The minimum Gasteiger partial charge on any atom is -0.459 e. The second-order valence-corrected chi connectivity index (χ2v) is 10.7. The predicted molar refractivity (Wildman–Crippen MR) is 130 cm³/mol. The molecule has 0 saturated carbocycles. The van der Waals surface area contributed by atoms with Gasteiger partial charge in [0.05, 0.1) is 27.6 Å². The zero-order chi connectivity index (χ0) is 23.4. The number of likely N-dealkylation sites (tertiary alicyclic amines) is 1.